The second-order valence-corrected chi connectivity index (χ2v) is 9.64. The van der Waals surface area contributed by atoms with E-state index in [1.165, 1.54) is 0 Å². The molecule has 2 aliphatic rings. The highest BCUT2D eigenvalue weighted by Crippen LogP contribution is 2.42. The molecule has 9 heteroatoms. The number of benzene rings is 2. The van der Waals surface area contributed by atoms with Crippen LogP contribution < -0.4 is 26.4 Å². The van der Waals surface area contributed by atoms with Gasteiger partial charge in [0, 0.05) is 42.1 Å². The largest absolute Gasteiger partial charge is 0.486 e. The third kappa shape index (κ3) is 4.52. The summed E-state index contributed by atoms with van der Waals surface area (Å²) in [5.74, 6) is 0.558. The highest BCUT2D eigenvalue weighted by molar-refractivity contribution is 6.32. The molecule has 2 atom stereocenters. The van der Waals surface area contributed by atoms with E-state index < -0.39 is 5.66 Å². The summed E-state index contributed by atoms with van der Waals surface area (Å²) in [6.07, 6.45) is 4.47. The van der Waals surface area contributed by atoms with Crippen molar-refractivity contribution >= 4 is 35.0 Å². The number of hydrogen-bond acceptors (Lipinski definition) is 8. The first-order valence-electron chi connectivity index (χ1n) is 11.6. The maximum atomic E-state index is 6.89. The van der Waals surface area contributed by atoms with Crippen molar-refractivity contribution < 1.29 is 4.74 Å². The summed E-state index contributed by atoms with van der Waals surface area (Å²) in [4.78, 5) is 13.5. The number of nitrogens with zero attached hydrogens (tertiary/aromatic N) is 4. The van der Waals surface area contributed by atoms with Gasteiger partial charge in [-0.25, -0.2) is 4.99 Å². The minimum atomic E-state index is -1.13. The number of nitrogens with one attached hydrogen (secondary N) is 1. The summed E-state index contributed by atoms with van der Waals surface area (Å²) in [5.41, 5.74) is 17.2. The molecule has 1 aromatic heterocycles. The number of ether oxygens (including phenoxy) is 1. The van der Waals surface area contributed by atoms with Crippen LogP contribution in [0.1, 0.15) is 23.2 Å². The maximum absolute atomic E-state index is 6.89. The summed E-state index contributed by atoms with van der Waals surface area (Å²) in [6.45, 7) is 2.22. The van der Waals surface area contributed by atoms with Crippen molar-refractivity contribution in [3.8, 4) is 5.75 Å². The Kier molecular flexibility index (Phi) is 6.27. The monoisotopic (exact) mass is 491 g/mol. The lowest BCUT2D eigenvalue weighted by molar-refractivity contribution is 0.301. The molecule has 182 valence electrons. The van der Waals surface area contributed by atoms with E-state index in [9.17, 15) is 0 Å². The molecule has 1 fully saturated rings. The maximum Gasteiger partial charge on any atom is 0.163 e. The van der Waals surface area contributed by atoms with Crippen LogP contribution >= 0.6 is 11.6 Å². The fraction of sp³-hybridized carbons (Fsp3) is 0.308. The lowest BCUT2D eigenvalue weighted by Gasteiger charge is -2.33. The number of rotatable bonds is 6. The normalized spacial score (nSPS) is 21.2. The molecule has 2 aromatic carbocycles. The molecule has 0 saturated carbocycles. The number of nitrogens with two attached hydrogens (primary N) is 2. The predicted octanol–water partition coefficient (Wildman–Crippen LogP) is 3.65. The Morgan fingerprint density at radius 1 is 1.23 bits per heavy atom. The number of anilines is 3. The summed E-state index contributed by atoms with van der Waals surface area (Å²) in [6, 6.07) is 15.7. The van der Waals surface area contributed by atoms with Crippen molar-refractivity contribution in [2.24, 2.45) is 10.7 Å². The summed E-state index contributed by atoms with van der Waals surface area (Å²) < 4.78 is 5.87. The topological polar surface area (TPSA) is 105 Å². The van der Waals surface area contributed by atoms with Crippen LogP contribution in [-0.2, 0) is 12.3 Å². The first kappa shape index (κ1) is 23.4. The van der Waals surface area contributed by atoms with Gasteiger partial charge in [0.2, 0.25) is 0 Å². The summed E-state index contributed by atoms with van der Waals surface area (Å²) in [7, 11) is 4.23. The van der Waals surface area contributed by atoms with E-state index in [1.807, 2.05) is 36.4 Å². The van der Waals surface area contributed by atoms with Crippen LogP contribution in [0.25, 0.3) is 0 Å². The van der Waals surface area contributed by atoms with E-state index in [2.05, 4.69) is 45.3 Å². The smallest absolute Gasteiger partial charge is 0.163 e. The number of halogens is 1. The van der Waals surface area contributed by atoms with Gasteiger partial charge in [-0.2, -0.15) is 0 Å². The molecule has 0 amide bonds. The van der Waals surface area contributed by atoms with E-state index in [0.29, 0.717) is 29.1 Å². The van der Waals surface area contributed by atoms with Crippen LogP contribution in [0, 0.1) is 0 Å². The van der Waals surface area contributed by atoms with Gasteiger partial charge in [-0.3, -0.25) is 10.7 Å². The molecule has 1 saturated heterocycles. The molecule has 35 heavy (non-hydrogen) atoms. The summed E-state index contributed by atoms with van der Waals surface area (Å²) in [5, 5.41) is 3.70. The van der Waals surface area contributed by atoms with Gasteiger partial charge in [0.05, 0.1) is 28.4 Å². The van der Waals surface area contributed by atoms with Gasteiger partial charge in [-0.15, -0.1) is 0 Å². The quantitative estimate of drug-likeness (QED) is 0.452. The van der Waals surface area contributed by atoms with Gasteiger partial charge >= 0.3 is 0 Å². The molecule has 3 heterocycles. The molecule has 0 aliphatic carbocycles. The number of aliphatic imine (C=N–C) groups is 1. The average Bonchev–Trinajstić information content (AvgIpc) is 3.35. The van der Waals surface area contributed by atoms with Crippen LogP contribution in [-0.4, -0.2) is 49.4 Å². The zero-order chi connectivity index (χ0) is 24.6. The van der Waals surface area contributed by atoms with Crippen LogP contribution in [0.5, 0.6) is 5.75 Å². The van der Waals surface area contributed by atoms with Crippen LogP contribution in [0.2, 0.25) is 5.02 Å². The van der Waals surface area contributed by atoms with Crippen molar-refractivity contribution in [1.29, 1.82) is 0 Å². The van der Waals surface area contributed by atoms with Gasteiger partial charge in [0.15, 0.2) is 5.66 Å². The Morgan fingerprint density at radius 3 is 2.80 bits per heavy atom. The molecule has 5 N–H and O–H groups in total. The number of pyridine rings is 1. The van der Waals surface area contributed by atoms with Gasteiger partial charge in [0.1, 0.15) is 12.4 Å². The van der Waals surface area contributed by atoms with Crippen molar-refractivity contribution in [2.45, 2.75) is 24.7 Å². The Hall–Kier alpha value is -3.33. The van der Waals surface area contributed by atoms with Crippen molar-refractivity contribution in [1.82, 2.24) is 9.88 Å². The fourth-order valence-electron chi connectivity index (χ4n) is 4.69. The second kappa shape index (κ2) is 9.37. The molecule has 2 aliphatic heterocycles. The van der Waals surface area contributed by atoms with E-state index in [1.54, 1.807) is 18.6 Å². The standard InChI is InChI=1S/C26H30ClN7O/c1-33(2)19-8-10-34(14-19)24-13-23-20(12-22(24)28)26(29,32-16-31-23)17-6-7-25(21(27)11-17)35-15-18-5-3-4-9-30-18/h3-7,9,11-13,16,19H,8,10,14-15,28-29H2,1-2H3,(H,31,32). The van der Waals surface area contributed by atoms with Gasteiger partial charge in [0.25, 0.3) is 0 Å². The van der Waals surface area contributed by atoms with Crippen molar-refractivity contribution in [3.63, 3.8) is 0 Å². The van der Waals surface area contributed by atoms with Crippen LogP contribution in [0.15, 0.2) is 59.7 Å². The number of nitrogen functional groups attached to an aromatic ring is 1. The van der Waals surface area contributed by atoms with E-state index in [0.717, 1.165) is 47.7 Å². The van der Waals surface area contributed by atoms with E-state index >= 15 is 0 Å². The minimum Gasteiger partial charge on any atom is -0.486 e. The predicted molar refractivity (Wildman–Crippen MR) is 142 cm³/mol. The third-order valence-corrected chi connectivity index (χ3v) is 7.07. The van der Waals surface area contributed by atoms with Gasteiger partial charge in [-0.1, -0.05) is 23.7 Å². The lowest BCUT2D eigenvalue weighted by Crippen LogP contribution is -2.39. The zero-order valence-corrected chi connectivity index (χ0v) is 20.7. The Morgan fingerprint density at radius 2 is 2.09 bits per heavy atom. The molecule has 3 aromatic rings. The number of aromatic nitrogens is 1. The van der Waals surface area contributed by atoms with Gasteiger partial charge in [-0.05, 0) is 56.9 Å². The fourth-order valence-corrected chi connectivity index (χ4v) is 4.92. The van der Waals surface area contributed by atoms with Crippen LogP contribution in [0.3, 0.4) is 0 Å². The molecule has 0 bridgehead atoms. The number of fused-ring (bicyclic) bond motifs is 1. The first-order chi connectivity index (χ1) is 16.8. The molecular formula is C26H30ClN7O. The highest BCUT2D eigenvalue weighted by Gasteiger charge is 2.36. The first-order valence-corrected chi connectivity index (χ1v) is 12.0. The molecule has 5 rings (SSSR count). The molecule has 2 unspecified atom stereocenters. The number of likely N-dealkylation sites (N-methyl/N-ethyl adjacent to an activating group) is 1. The van der Waals surface area contributed by atoms with E-state index in [-0.39, 0.29) is 0 Å². The average molecular weight is 492 g/mol. The molecular weight excluding hydrogens is 462 g/mol. The Balaban J connectivity index is 1.41. The van der Waals surface area contributed by atoms with Crippen LogP contribution in [0.4, 0.5) is 17.1 Å². The molecule has 0 spiro atoms. The highest BCUT2D eigenvalue weighted by atomic mass is 35.5. The van der Waals surface area contributed by atoms with Crippen molar-refractivity contribution in [2.75, 3.05) is 43.1 Å². The SMILES string of the molecule is CN(C)C1CCN(c2cc3c(cc2N)C(N)(c2ccc(OCc4ccccn4)c(Cl)c2)N=CN3)C1. The number of hydrogen-bond donors (Lipinski definition) is 3. The Bertz CT molecular complexity index is 1250. The third-order valence-electron chi connectivity index (χ3n) is 6.77. The minimum absolute atomic E-state index is 0.322. The summed E-state index contributed by atoms with van der Waals surface area (Å²) >= 11 is 6.58. The lowest BCUT2D eigenvalue weighted by atomic mass is 9.89. The van der Waals surface area contributed by atoms with E-state index in [4.69, 9.17) is 27.8 Å². The Labute approximate surface area is 210 Å². The van der Waals surface area contributed by atoms with Gasteiger partial charge < -0.3 is 25.6 Å². The van der Waals surface area contributed by atoms with Crippen molar-refractivity contribution in [3.05, 3.63) is 76.6 Å². The molecule has 0 radical (unpaired) electrons. The zero-order valence-electron chi connectivity index (χ0n) is 19.9. The second-order valence-electron chi connectivity index (χ2n) is 9.23. The molecule has 8 nitrogen and oxygen atoms in total.